The van der Waals surface area contributed by atoms with Crippen LogP contribution in [0.15, 0.2) is 10.6 Å². The zero-order valence-electron chi connectivity index (χ0n) is 13.2. The number of H-pyrrole nitrogens is 1. The lowest BCUT2D eigenvalue weighted by Crippen LogP contribution is -2.38. The molecule has 1 aliphatic heterocycles. The van der Waals surface area contributed by atoms with Gasteiger partial charge in [0.2, 0.25) is 5.89 Å². The average Bonchev–Trinajstić information content (AvgIpc) is 3.16. The number of carbonyl (C=O) groups is 1. The van der Waals surface area contributed by atoms with E-state index in [2.05, 4.69) is 34.2 Å². The van der Waals surface area contributed by atoms with E-state index in [0.29, 0.717) is 36.4 Å². The third-order valence-electron chi connectivity index (χ3n) is 4.11. The number of aromatic nitrogens is 4. The highest BCUT2D eigenvalue weighted by Crippen LogP contribution is 2.27. The van der Waals surface area contributed by atoms with Crippen LogP contribution in [-0.2, 0) is 0 Å². The SMILES string of the molecule is Cc1noc(C2CCN(C(=O)c3cc(C(C)C)[nH]n3)CC2)n1. The number of piperidine rings is 1. The molecule has 0 bridgehead atoms. The van der Waals surface area contributed by atoms with Gasteiger partial charge in [-0.2, -0.15) is 10.1 Å². The van der Waals surface area contributed by atoms with E-state index >= 15 is 0 Å². The zero-order valence-corrected chi connectivity index (χ0v) is 13.2. The Bertz CT molecular complexity index is 652. The number of rotatable bonds is 3. The first-order valence-corrected chi connectivity index (χ1v) is 7.69. The molecule has 0 atom stereocenters. The van der Waals surface area contributed by atoms with E-state index in [0.717, 1.165) is 18.5 Å². The van der Waals surface area contributed by atoms with Gasteiger partial charge in [-0.1, -0.05) is 19.0 Å². The van der Waals surface area contributed by atoms with Gasteiger partial charge < -0.3 is 9.42 Å². The number of amides is 1. The molecule has 1 N–H and O–H groups in total. The fourth-order valence-corrected chi connectivity index (χ4v) is 2.71. The van der Waals surface area contributed by atoms with Gasteiger partial charge in [0.05, 0.1) is 0 Å². The zero-order chi connectivity index (χ0) is 15.7. The lowest BCUT2D eigenvalue weighted by Gasteiger charge is -2.29. The van der Waals surface area contributed by atoms with Crippen LogP contribution in [0.25, 0.3) is 0 Å². The standard InChI is InChI=1S/C15H21N5O2/c1-9(2)12-8-13(18-17-12)15(21)20-6-4-11(5-7-20)14-16-10(3)19-22-14/h8-9,11H,4-7H2,1-3H3,(H,17,18). The highest BCUT2D eigenvalue weighted by Gasteiger charge is 2.28. The van der Waals surface area contributed by atoms with Gasteiger partial charge in [0.25, 0.3) is 5.91 Å². The molecule has 0 unspecified atom stereocenters. The molecule has 7 heteroatoms. The number of aryl methyl sites for hydroxylation is 1. The monoisotopic (exact) mass is 303 g/mol. The number of hydrogen-bond acceptors (Lipinski definition) is 5. The fraction of sp³-hybridized carbons (Fsp3) is 0.600. The predicted molar refractivity (Wildman–Crippen MR) is 79.6 cm³/mol. The first-order valence-electron chi connectivity index (χ1n) is 7.69. The molecule has 1 amide bonds. The Morgan fingerprint density at radius 2 is 2.14 bits per heavy atom. The second-order valence-corrected chi connectivity index (χ2v) is 6.11. The summed E-state index contributed by atoms with van der Waals surface area (Å²) in [4.78, 5) is 18.6. The molecule has 0 aromatic carbocycles. The number of likely N-dealkylation sites (tertiary alicyclic amines) is 1. The number of aromatic amines is 1. The number of hydrogen-bond donors (Lipinski definition) is 1. The van der Waals surface area contributed by atoms with E-state index in [4.69, 9.17) is 4.52 Å². The quantitative estimate of drug-likeness (QED) is 0.939. The molecule has 3 heterocycles. The second kappa shape index (κ2) is 5.90. The Labute approximate surface area is 129 Å². The summed E-state index contributed by atoms with van der Waals surface area (Å²) in [5.41, 5.74) is 1.48. The van der Waals surface area contributed by atoms with Gasteiger partial charge in [0, 0.05) is 24.7 Å². The Kier molecular flexibility index (Phi) is 3.96. The number of nitrogens with one attached hydrogen (secondary N) is 1. The molecule has 2 aromatic rings. The second-order valence-electron chi connectivity index (χ2n) is 6.11. The molecule has 22 heavy (non-hydrogen) atoms. The molecule has 118 valence electrons. The van der Waals surface area contributed by atoms with Crippen LogP contribution in [0.1, 0.15) is 66.4 Å². The summed E-state index contributed by atoms with van der Waals surface area (Å²) in [5, 5.41) is 10.9. The summed E-state index contributed by atoms with van der Waals surface area (Å²) in [5.74, 6) is 1.91. The van der Waals surface area contributed by atoms with Crippen molar-refractivity contribution in [1.29, 1.82) is 0 Å². The predicted octanol–water partition coefficient (Wildman–Crippen LogP) is 2.24. The lowest BCUT2D eigenvalue weighted by molar-refractivity contribution is 0.0698. The summed E-state index contributed by atoms with van der Waals surface area (Å²) >= 11 is 0. The Morgan fingerprint density at radius 3 is 2.68 bits per heavy atom. The lowest BCUT2D eigenvalue weighted by atomic mass is 9.96. The van der Waals surface area contributed by atoms with Gasteiger partial charge >= 0.3 is 0 Å². The molecule has 0 aliphatic carbocycles. The Morgan fingerprint density at radius 1 is 1.41 bits per heavy atom. The largest absolute Gasteiger partial charge is 0.339 e. The normalized spacial score (nSPS) is 16.5. The minimum absolute atomic E-state index is 0.0108. The maximum Gasteiger partial charge on any atom is 0.274 e. The minimum atomic E-state index is -0.0108. The van der Waals surface area contributed by atoms with Crippen molar-refractivity contribution in [3.63, 3.8) is 0 Å². The fourth-order valence-electron chi connectivity index (χ4n) is 2.71. The van der Waals surface area contributed by atoms with Crippen LogP contribution in [-0.4, -0.2) is 44.2 Å². The summed E-state index contributed by atoms with van der Waals surface area (Å²) in [6, 6.07) is 1.85. The molecule has 1 saturated heterocycles. The van der Waals surface area contributed by atoms with E-state index in [9.17, 15) is 4.79 Å². The van der Waals surface area contributed by atoms with Crippen molar-refractivity contribution in [3.8, 4) is 0 Å². The maximum atomic E-state index is 12.5. The van der Waals surface area contributed by atoms with Crippen molar-refractivity contribution >= 4 is 5.91 Å². The Balaban J connectivity index is 1.61. The van der Waals surface area contributed by atoms with Crippen LogP contribution in [0.5, 0.6) is 0 Å². The van der Waals surface area contributed by atoms with Crippen LogP contribution in [0, 0.1) is 6.92 Å². The maximum absolute atomic E-state index is 12.5. The third kappa shape index (κ3) is 2.88. The van der Waals surface area contributed by atoms with E-state index in [1.165, 1.54) is 0 Å². The minimum Gasteiger partial charge on any atom is -0.339 e. The molecule has 7 nitrogen and oxygen atoms in total. The van der Waals surface area contributed by atoms with E-state index in [1.807, 2.05) is 17.9 Å². The molecule has 0 saturated carbocycles. The van der Waals surface area contributed by atoms with Crippen molar-refractivity contribution in [1.82, 2.24) is 25.2 Å². The van der Waals surface area contributed by atoms with E-state index in [1.54, 1.807) is 0 Å². The van der Waals surface area contributed by atoms with E-state index in [-0.39, 0.29) is 11.8 Å². The van der Waals surface area contributed by atoms with Crippen molar-refractivity contribution in [2.75, 3.05) is 13.1 Å². The third-order valence-corrected chi connectivity index (χ3v) is 4.11. The molecule has 2 aromatic heterocycles. The molecule has 3 rings (SSSR count). The molecule has 0 radical (unpaired) electrons. The smallest absolute Gasteiger partial charge is 0.274 e. The Hall–Kier alpha value is -2.18. The van der Waals surface area contributed by atoms with Crippen molar-refractivity contribution in [2.45, 2.75) is 45.4 Å². The summed E-state index contributed by atoms with van der Waals surface area (Å²) in [6.07, 6.45) is 1.68. The highest BCUT2D eigenvalue weighted by molar-refractivity contribution is 5.92. The van der Waals surface area contributed by atoms with Crippen molar-refractivity contribution < 1.29 is 9.32 Å². The van der Waals surface area contributed by atoms with E-state index < -0.39 is 0 Å². The highest BCUT2D eigenvalue weighted by atomic mass is 16.5. The summed E-state index contributed by atoms with van der Waals surface area (Å²) in [7, 11) is 0. The van der Waals surface area contributed by atoms with Crippen molar-refractivity contribution in [2.24, 2.45) is 0 Å². The van der Waals surface area contributed by atoms with Gasteiger partial charge in [0.1, 0.15) is 5.69 Å². The summed E-state index contributed by atoms with van der Waals surface area (Å²) < 4.78 is 5.23. The van der Waals surface area contributed by atoms with Gasteiger partial charge in [-0.15, -0.1) is 0 Å². The van der Waals surface area contributed by atoms with Gasteiger partial charge in [-0.25, -0.2) is 0 Å². The van der Waals surface area contributed by atoms with Crippen molar-refractivity contribution in [3.05, 3.63) is 29.2 Å². The molecule has 0 spiro atoms. The molecular weight excluding hydrogens is 282 g/mol. The van der Waals surface area contributed by atoms with Crippen LogP contribution < -0.4 is 0 Å². The summed E-state index contributed by atoms with van der Waals surface area (Å²) in [6.45, 7) is 7.33. The first kappa shape index (κ1) is 14.7. The topological polar surface area (TPSA) is 87.9 Å². The van der Waals surface area contributed by atoms with Gasteiger partial charge in [-0.3, -0.25) is 9.89 Å². The molecule has 1 fully saturated rings. The number of nitrogens with zero attached hydrogens (tertiary/aromatic N) is 4. The first-order chi connectivity index (χ1) is 10.5. The van der Waals surface area contributed by atoms with Crippen LogP contribution in [0.3, 0.4) is 0 Å². The molecular formula is C15H21N5O2. The van der Waals surface area contributed by atoms with Gasteiger partial charge in [-0.05, 0) is 31.7 Å². The average molecular weight is 303 g/mol. The van der Waals surface area contributed by atoms with Gasteiger partial charge in [0.15, 0.2) is 5.82 Å². The molecule has 1 aliphatic rings. The number of carbonyl (C=O) groups excluding carboxylic acids is 1. The van der Waals surface area contributed by atoms with Crippen LogP contribution >= 0.6 is 0 Å². The van der Waals surface area contributed by atoms with Crippen LogP contribution in [0.2, 0.25) is 0 Å². The van der Waals surface area contributed by atoms with Crippen LogP contribution in [0.4, 0.5) is 0 Å².